The predicted octanol–water partition coefficient (Wildman–Crippen LogP) is 4.64. The van der Waals surface area contributed by atoms with Crippen LogP contribution in [0.1, 0.15) is 11.1 Å². The first kappa shape index (κ1) is 14.3. The number of hydrogen-bond acceptors (Lipinski definition) is 3. The zero-order chi connectivity index (χ0) is 13.8. The first-order valence-corrected chi connectivity index (χ1v) is 7.69. The topological polar surface area (TPSA) is 35.2 Å². The van der Waals surface area contributed by atoms with Crippen molar-refractivity contribution in [1.29, 1.82) is 0 Å². The molecule has 0 aliphatic heterocycles. The summed E-state index contributed by atoms with van der Waals surface area (Å²) in [6, 6.07) is 12.2. The van der Waals surface area contributed by atoms with Crippen LogP contribution >= 0.6 is 27.7 Å². The number of halogens is 1. The number of ether oxygens (including phenoxy) is 1. The normalized spacial score (nSPS) is 10.5. The minimum atomic E-state index is 0.837. The van der Waals surface area contributed by atoms with Gasteiger partial charge < -0.3 is 10.5 Å². The predicted molar refractivity (Wildman–Crippen MR) is 85.8 cm³/mol. The number of aryl methyl sites for hydroxylation is 1. The van der Waals surface area contributed by atoms with Crippen LogP contribution < -0.4 is 10.5 Å². The molecular formula is C15H16BrNOS. The van der Waals surface area contributed by atoms with Crippen LogP contribution in [0.25, 0.3) is 0 Å². The van der Waals surface area contributed by atoms with Gasteiger partial charge in [0.25, 0.3) is 0 Å². The fourth-order valence-corrected chi connectivity index (χ4v) is 3.26. The van der Waals surface area contributed by atoms with E-state index in [1.54, 1.807) is 18.9 Å². The molecule has 0 saturated heterocycles. The Hall–Kier alpha value is -1.13. The molecule has 0 aliphatic carbocycles. The van der Waals surface area contributed by atoms with E-state index in [4.69, 9.17) is 10.5 Å². The Morgan fingerprint density at radius 2 is 2.00 bits per heavy atom. The number of thioether (sulfide) groups is 1. The van der Waals surface area contributed by atoms with Crippen LogP contribution in [-0.2, 0) is 5.75 Å². The molecule has 19 heavy (non-hydrogen) atoms. The molecule has 0 aliphatic rings. The maximum absolute atomic E-state index is 6.02. The Kier molecular flexibility index (Phi) is 4.77. The average molecular weight is 338 g/mol. The van der Waals surface area contributed by atoms with Gasteiger partial charge in [0, 0.05) is 20.8 Å². The minimum absolute atomic E-state index is 0.837. The Labute approximate surface area is 126 Å². The summed E-state index contributed by atoms with van der Waals surface area (Å²) in [5.41, 5.74) is 9.24. The number of hydrogen-bond donors (Lipinski definition) is 1. The van der Waals surface area contributed by atoms with E-state index in [9.17, 15) is 0 Å². The van der Waals surface area contributed by atoms with Crippen molar-refractivity contribution in [1.82, 2.24) is 0 Å². The number of benzene rings is 2. The highest BCUT2D eigenvalue weighted by molar-refractivity contribution is 9.10. The van der Waals surface area contributed by atoms with Crippen molar-refractivity contribution in [2.75, 3.05) is 12.8 Å². The molecule has 0 radical (unpaired) electrons. The largest absolute Gasteiger partial charge is 0.497 e. The summed E-state index contributed by atoms with van der Waals surface area (Å²) in [7, 11) is 1.68. The van der Waals surface area contributed by atoms with Crippen LogP contribution in [0.3, 0.4) is 0 Å². The molecular weight excluding hydrogens is 322 g/mol. The Balaban J connectivity index is 2.14. The molecule has 2 nitrogen and oxygen atoms in total. The van der Waals surface area contributed by atoms with Gasteiger partial charge in [-0.15, -0.1) is 11.8 Å². The third-order valence-corrected chi connectivity index (χ3v) is 4.71. The van der Waals surface area contributed by atoms with E-state index in [1.807, 2.05) is 31.2 Å². The van der Waals surface area contributed by atoms with Gasteiger partial charge in [-0.25, -0.2) is 0 Å². The summed E-state index contributed by atoms with van der Waals surface area (Å²) in [5.74, 6) is 1.72. The van der Waals surface area contributed by atoms with Crippen molar-refractivity contribution in [2.45, 2.75) is 17.6 Å². The van der Waals surface area contributed by atoms with E-state index in [-0.39, 0.29) is 0 Å². The molecule has 2 N–H and O–H groups in total. The lowest BCUT2D eigenvalue weighted by Gasteiger charge is -2.09. The third kappa shape index (κ3) is 3.67. The van der Waals surface area contributed by atoms with Crippen LogP contribution in [-0.4, -0.2) is 7.11 Å². The van der Waals surface area contributed by atoms with E-state index in [1.165, 1.54) is 11.1 Å². The monoisotopic (exact) mass is 337 g/mol. The fourth-order valence-electron chi connectivity index (χ4n) is 1.74. The van der Waals surface area contributed by atoms with Gasteiger partial charge in [0.2, 0.25) is 0 Å². The molecule has 2 aromatic carbocycles. The highest BCUT2D eigenvalue weighted by Gasteiger charge is 2.05. The maximum Gasteiger partial charge on any atom is 0.119 e. The van der Waals surface area contributed by atoms with Gasteiger partial charge in [-0.2, -0.15) is 0 Å². The standard InChI is InChI=1S/C15H16BrNOS/c1-10-3-6-15(14(17)7-10)19-9-11-8-12(18-2)4-5-13(11)16/h3-8H,9,17H2,1-2H3. The quantitative estimate of drug-likeness (QED) is 0.651. The molecule has 100 valence electrons. The highest BCUT2D eigenvalue weighted by atomic mass is 79.9. The van der Waals surface area contributed by atoms with Gasteiger partial charge in [-0.3, -0.25) is 0 Å². The van der Waals surface area contributed by atoms with E-state index >= 15 is 0 Å². The zero-order valence-corrected chi connectivity index (χ0v) is 13.3. The van der Waals surface area contributed by atoms with Crippen molar-refractivity contribution in [3.05, 3.63) is 52.0 Å². The Morgan fingerprint density at radius 1 is 1.21 bits per heavy atom. The van der Waals surface area contributed by atoms with E-state index in [0.717, 1.165) is 26.6 Å². The zero-order valence-electron chi connectivity index (χ0n) is 10.9. The molecule has 4 heteroatoms. The number of anilines is 1. The summed E-state index contributed by atoms with van der Waals surface area (Å²) in [6.07, 6.45) is 0. The van der Waals surface area contributed by atoms with Gasteiger partial charge in [0.05, 0.1) is 7.11 Å². The smallest absolute Gasteiger partial charge is 0.119 e. The van der Waals surface area contributed by atoms with Crippen LogP contribution in [0.4, 0.5) is 5.69 Å². The Morgan fingerprint density at radius 3 is 2.68 bits per heavy atom. The van der Waals surface area contributed by atoms with Gasteiger partial charge in [0.15, 0.2) is 0 Å². The molecule has 0 unspecified atom stereocenters. The molecule has 0 atom stereocenters. The van der Waals surface area contributed by atoms with E-state index in [0.29, 0.717) is 0 Å². The van der Waals surface area contributed by atoms with Gasteiger partial charge in [0.1, 0.15) is 5.75 Å². The maximum atomic E-state index is 6.02. The van der Waals surface area contributed by atoms with Crippen molar-refractivity contribution in [3.8, 4) is 5.75 Å². The minimum Gasteiger partial charge on any atom is -0.497 e. The molecule has 0 spiro atoms. The first-order valence-electron chi connectivity index (χ1n) is 5.91. The second-order valence-electron chi connectivity index (χ2n) is 4.29. The number of rotatable bonds is 4. The molecule has 0 saturated carbocycles. The number of nitrogens with two attached hydrogens (primary N) is 1. The summed E-state index contributed by atoms with van der Waals surface area (Å²) in [4.78, 5) is 1.11. The molecule has 2 rings (SSSR count). The van der Waals surface area contributed by atoms with Crippen LogP contribution in [0.5, 0.6) is 5.75 Å². The lowest BCUT2D eigenvalue weighted by atomic mass is 10.2. The average Bonchev–Trinajstić information content (AvgIpc) is 2.39. The molecule has 0 heterocycles. The van der Waals surface area contributed by atoms with Gasteiger partial charge in [-0.1, -0.05) is 22.0 Å². The third-order valence-electron chi connectivity index (χ3n) is 2.80. The Bertz CT molecular complexity index is 586. The molecule has 0 fully saturated rings. The van der Waals surface area contributed by atoms with Crippen molar-refractivity contribution < 1.29 is 4.74 Å². The number of nitrogen functional groups attached to an aromatic ring is 1. The fraction of sp³-hybridized carbons (Fsp3) is 0.200. The van der Waals surface area contributed by atoms with Crippen molar-refractivity contribution in [2.24, 2.45) is 0 Å². The van der Waals surface area contributed by atoms with Crippen LogP contribution in [0.2, 0.25) is 0 Å². The van der Waals surface area contributed by atoms with Crippen LogP contribution in [0.15, 0.2) is 45.8 Å². The first-order chi connectivity index (χ1) is 9.10. The summed E-state index contributed by atoms with van der Waals surface area (Å²) >= 11 is 5.29. The van der Waals surface area contributed by atoms with Gasteiger partial charge in [-0.05, 0) is 48.4 Å². The lowest BCUT2D eigenvalue weighted by molar-refractivity contribution is 0.414. The summed E-state index contributed by atoms with van der Waals surface area (Å²) in [6.45, 7) is 2.05. The van der Waals surface area contributed by atoms with Crippen LogP contribution in [0, 0.1) is 6.92 Å². The molecule has 0 aromatic heterocycles. The molecule has 0 amide bonds. The van der Waals surface area contributed by atoms with Crippen molar-refractivity contribution >= 4 is 33.4 Å². The summed E-state index contributed by atoms with van der Waals surface area (Å²) in [5, 5.41) is 0. The highest BCUT2D eigenvalue weighted by Crippen LogP contribution is 2.32. The van der Waals surface area contributed by atoms with Crippen molar-refractivity contribution in [3.63, 3.8) is 0 Å². The second kappa shape index (κ2) is 6.35. The van der Waals surface area contributed by atoms with Gasteiger partial charge >= 0.3 is 0 Å². The summed E-state index contributed by atoms with van der Waals surface area (Å²) < 4.78 is 6.34. The van der Waals surface area contributed by atoms with E-state index < -0.39 is 0 Å². The molecule has 0 bridgehead atoms. The van der Waals surface area contributed by atoms with E-state index in [2.05, 4.69) is 28.1 Å². The second-order valence-corrected chi connectivity index (χ2v) is 6.16. The lowest BCUT2D eigenvalue weighted by Crippen LogP contribution is -1.91. The number of methoxy groups -OCH3 is 1. The molecule has 2 aromatic rings. The SMILES string of the molecule is COc1ccc(Br)c(CSc2ccc(C)cc2N)c1.